The second-order valence-electron chi connectivity index (χ2n) is 4.34. The monoisotopic (exact) mass is 315 g/mol. The van der Waals surface area contributed by atoms with E-state index in [4.69, 9.17) is 14.9 Å². The van der Waals surface area contributed by atoms with Gasteiger partial charge in [0.05, 0.1) is 25.5 Å². The van der Waals surface area contributed by atoms with Crippen LogP contribution in [0.4, 0.5) is 5.00 Å². The Morgan fingerprint density at radius 3 is 2.14 bits per heavy atom. The molecule has 8 heteroatoms. The molecule has 0 aliphatic heterocycles. The average Bonchev–Trinajstić information content (AvgIpc) is 2.79. The molecule has 1 aromatic heterocycles. The van der Waals surface area contributed by atoms with Crippen molar-refractivity contribution in [2.45, 2.75) is 19.8 Å². The van der Waals surface area contributed by atoms with E-state index in [9.17, 15) is 14.4 Å². The summed E-state index contributed by atoms with van der Waals surface area (Å²) in [6.07, 6.45) is -0.283. The second kappa shape index (κ2) is 7.63. The minimum atomic E-state index is -0.983. The molecule has 0 saturated carbocycles. The van der Waals surface area contributed by atoms with Crippen molar-refractivity contribution in [2.24, 2.45) is 0 Å². The molecule has 0 unspecified atom stereocenters. The van der Waals surface area contributed by atoms with Gasteiger partial charge in [-0.2, -0.15) is 0 Å². The van der Waals surface area contributed by atoms with Crippen molar-refractivity contribution in [1.82, 2.24) is 0 Å². The Kier molecular flexibility index (Phi) is 6.16. The fraction of sp³-hybridized carbons (Fsp3) is 0.462. The number of esters is 1. The lowest BCUT2D eigenvalue weighted by Gasteiger charge is -2.22. The summed E-state index contributed by atoms with van der Waals surface area (Å²) in [5.74, 6) is -2.49. The van der Waals surface area contributed by atoms with Crippen LogP contribution in [0.15, 0.2) is 6.07 Å². The first-order chi connectivity index (χ1) is 9.85. The molecule has 21 heavy (non-hydrogen) atoms. The summed E-state index contributed by atoms with van der Waals surface area (Å²) in [6, 6.07) is 1.65. The molecule has 116 valence electrons. The van der Waals surface area contributed by atoms with Crippen LogP contribution in [-0.2, 0) is 14.3 Å². The van der Waals surface area contributed by atoms with E-state index < -0.39 is 17.9 Å². The molecule has 0 spiro atoms. The van der Waals surface area contributed by atoms with Gasteiger partial charge in [0.2, 0.25) is 0 Å². The van der Waals surface area contributed by atoms with E-state index in [2.05, 4.69) is 0 Å². The van der Waals surface area contributed by atoms with Crippen LogP contribution in [0, 0.1) is 6.92 Å². The molecule has 0 saturated heterocycles. The van der Waals surface area contributed by atoms with E-state index in [-0.39, 0.29) is 25.9 Å². The van der Waals surface area contributed by atoms with E-state index >= 15 is 0 Å². The van der Waals surface area contributed by atoms with Gasteiger partial charge in [-0.05, 0) is 13.0 Å². The standard InChI is InChI=1S/C13H17NO6S/c1-8-7-9(13(19)20-2)12(21-8)14(5-3-10(15)16)6-4-11(17)18/h7H,3-6H2,1-2H3,(H,15,16)(H,17,18). The van der Waals surface area contributed by atoms with E-state index in [1.807, 2.05) is 6.92 Å². The number of ether oxygens (including phenoxy) is 1. The largest absolute Gasteiger partial charge is 0.481 e. The van der Waals surface area contributed by atoms with E-state index in [0.717, 1.165) is 4.88 Å². The number of nitrogens with zero attached hydrogens (tertiary/aromatic N) is 1. The number of anilines is 1. The van der Waals surface area contributed by atoms with Crippen molar-refractivity contribution in [2.75, 3.05) is 25.1 Å². The molecule has 0 atom stereocenters. The predicted octanol–water partition coefficient (Wildman–Crippen LogP) is 1.60. The molecule has 0 amide bonds. The van der Waals surface area contributed by atoms with Gasteiger partial charge in [0.15, 0.2) is 0 Å². The molecule has 0 fully saturated rings. The van der Waals surface area contributed by atoms with E-state index in [1.54, 1.807) is 11.0 Å². The number of aryl methyl sites for hydroxylation is 1. The van der Waals surface area contributed by atoms with Crippen molar-refractivity contribution in [3.63, 3.8) is 0 Å². The van der Waals surface area contributed by atoms with Crippen molar-refractivity contribution < 1.29 is 29.3 Å². The van der Waals surface area contributed by atoms with Crippen LogP contribution in [-0.4, -0.2) is 48.3 Å². The number of carboxylic acid groups (broad SMARTS) is 2. The zero-order valence-corrected chi connectivity index (χ0v) is 12.6. The normalized spacial score (nSPS) is 10.2. The summed E-state index contributed by atoms with van der Waals surface area (Å²) in [5.41, 5.74) is 0.329. The van der Waals surface area contributed by atoms with Gasteiger partial charge < -0.3 is 19.8 Å². The molecule has 0 radical (unpaired) electrons. The maximum Gasteiger partial charge on any atom is 0.340 e. The van der Waals surface area contributed by atoms with E-state index in [1.165, 1.54) is 18.4 Å². The molecule has 2 N–H and O–H groups in total. The Morgan fingerprint density at radius 2 is 1.71 bits per heavy atom. The quantitative estimate of drug-likeness (QED) is 0.702. The highest BCUT2D eigenvalue weighted by molar-refractivity contribution is 7.16. The highest BCUT2D eigenvalue weighted by atomic mass is 32.1. The number of aliphatic carboxylic acids is 2. The minimum Gasteiger partial charge on any atom is -0.481 e. The third-order valence-corrected chi connectivity index (χ3v) is 3.83. The predicted molar refractivity (Wildman–Crippen MR) is 77.1 cm³/mol. The molecule has 1 heterocycles. The maximum atomic E-state index is 11.8. The van der Waals surface area contributed by atoms with Crippen molar-refractivity contribution in [1.29, 1.82) is 0 Å². The number of carbonyl (C=O) groups excluding carboxylic acids is 1. The van der Waals surface area contributed by atoms with Crippen LogP contribution in [0.3, 0.4) is 0 Å². The molecule has 0 aromatic carbocycles. The van der Waals surface area contributed by atoms with Crippen LogP contribution in [0.2, 0.25) is 0 Å². The lowest BCUT2D eigenvalue weighted by atomic mass is 10.2. The maximum absolute atomic E-state index is 11.8. The Balaban J connectivity index is 3.02. The summed E-state index contributed by atoms with van der Waals surface area (Å²) in [6.45, 7) is 2.08. The first-order valence-corrected chi connectivity index (χ1v) is 7.04. The third-order valence-electron chi connectivity index (χ3n) is 2.72. The van der Waals surface area contributed by atoms with Gasteiger partial charge in [-0.15, -0.1) is 11.3 Å². The number of hydrogen-bond donors (Lipinski definition) is 2. The van der Waals surface area contributed by atoms with Crippen LogP contribution in [0.5, 0.6) is 0 Å². The Hall–Kier alpha value is -2.09. The molecule has 0 aliphatic carbocycles. The van der Waals surface area contributed by atoms with Crippen LogP contribution >= 0.6 is 11.3 Å². The Labute approximate surface area is 125 Å². The molecule has 1 aromatic rings. The fourth-order valence-electron chi connectivity index (χ4n) is 1.77. The Bertz CT molecular complexity index is 521. The summed E-state index contributed by atoms with van der Waals surface area (Å²) in [5, 5.41) is 18.1. The topological polar surface area (TPSA) is 104 Å². The van der Waals surface area contributed by atoms with Crippen LogP contribution in [0.1, 0.15) is 28.1 Å². The molecular weight excluding hydrogens is 298 g/mol. The number of methoxy groups -OCH3 is 1. The number of carboxylic acids is 2. The SMILES string of the molecule is COC(=O)c1cc(C)sc1N(CCC(=O)O)CCC(=O)O. The summed E-state index contributed by atoms with van der Waals surface area (Å²) < 4.78 is 4.70. The highest BCUT2D eigenvalue weighted by Gasteiger charge is 2.21. The van der Waals surface area contributed by atoms with Gasteiger partial charge >= 0.3 is 17.9 Å². The van der Waals surface area contributed by atoms with Gasteiger partial charge in [0.1, 0.15) is 5.00 Å². The number of hydrogen-bond acceptors (Lipinski definition) is 6. The van der Waals surface area contributed by atoms with Gasteiger partial charge in [-0.1, -0.05) is 0 Å². The average molecular weight is 315 g/mol. The first-order valence-electron chi connectivity index (χ1n) is 6.22. The summed E-state index contributed by atoms with van der Waals surface area (Å²) in [7, 11) is 1.26. The lowest BCUT2D eigenvalue weighted by molar-refractivity contribution is -0.137. The first kappa shape index (κ1) is 17.0. The molecule has 0 aliphatic rings. The van der Waals surface area contributed by atoms with Crippen LogP contribution < -0.4 is 4.90 Å². The zero-order valence-electron chi connectivity index (χ0n) is 11.8. The van der Waals surface area contributed by atoms with Crippen molar-refractivity contribution in [3.8, 4) is 0 Å². The fourth-order valence-corrected chi connectivity index (χ4v) is 2.81. The third kappa shape index (κ3) is 5.07. The lowest BCUT2D eigenvalue weighted by Crippen LogP contribution is -2.29. The van der Waals surface area contributed by atoms with Crippen LogP contribution in [0.25, 0.3) is 0 Å². The second-order valence-corrected chi connectivity index (χ2v) is 5.58. The van der Waals surface area contributed by atoms with Crippen molar-refractivity contribution in [3.05, 3.63) is 16.5 Å². The van der Waals surface area contributed by atoms with Gasteiger partial charge in [-0.3, -0.25) is 9.59 Å². The van der Waals surface area contributed by atoms with Gasteiger partial charge in [-0.25, -0.2) is 4.79 Å². The van der Waals surface area contributed by atoms with Crippen molar-refractivity contribution >= 4 is 34.2 Å². The minimum absolute atomic E-state index is 0.132. The summed E-state index contributed by atoms with van der Waals surface area (Å²) >= 11 is 1.31. The highest BCUT2D eigenvalue weighted by Crippen LogP contribution is 2.32. The Morgan fingerprint density at radius 1 is 1.19 bits per heavy atom. The van der Waals surface area contributed by atoms with Gasteiger partial charge in [0, 0.05) is 18.0 Å². The smallest absolute Gasteiger partial charge is 0.340 e. The number of rotatable bonds is 8. The molecular formula is C13H17NO6S. The molecule has 0 bridgehead atoms. The van der Waals surface area contributed by atoms with Gasteiger partial charge in [0.25, 0.3) is 0 Å². The van der Waals surface area contributed by atoms with E-state index in [0.29, 0.717) is 10.6 Å². The molecule has 1 rings (SSSR count). The zero-order chi connectivity index (χ0) is 16.0. The number of thiophene rings is 1. The summed E-state index contributed by atoms with van der Waals surface area (Å²) in [4.78, 5) is 35.7. The number of carbonyl (C=O) groups is 3. The molecule has 7 nitrogen and oxygen atoms in total.